The number of rotatable bonds is 2. The van der Waals surface area contributed by atoms with Crippen LogP contribution in [0.15, 0.2) is 0 Å². The first-order valence-corrected chi connectivity index (χ1v) is 7.46. The Bertz CT molecular complexity index is 475. The summed E-state index contributed by atoms with van der Waals surface area (Å²) in [6.45, 7) is 8.11. The van der Waals surface area contributed by atoms with Crippen molar-refractivity contribution >= 4 is 34.8 Å². The van der Waals surface area contributed by atoms with Crippen LogP contribution in [0.4, 0.5) is 5.82 Å². The standard InChI is InChI=1S/C12H18N4S2/c1-7-6-16(4-5-18-7)12-10(11(13)17)8(2)9(3)14-15-12/h7H,4-6H2,1-3H3,(H2,13,17). The van der Waals surface area contributed by atoms with Crippen LogP contribution in [0.5, 0.6) is 0 Å². The van der Waals surface area contributed by atoms with Crippen LogP contribution in [-0.4, -0.2) is 39.3 Å². The highest BCUT2D eigenvalue weighted by Gasteiger charge is 2.23. The predicted octanol–water partition coefficient (Wildman–Crippen LogP) is 1.67. The van der Waals surface area contributed by atoms with Gasteiger partial charge in [-0.2, -0.15) is 16.9 Å². The van der Waals surface area contributed by atoms with Crippen LogP contribution in [0.2, 0.25) is 0 Å². The normalized spacial score (nSPS) is 19.9. The third-order valence-electron chi connectivity index (χ3n) is 3.22. The van der Waals surface area contributed by atoms with E-state index in [-0.39, 0.29) is 0 Å². The van der Waals surface area contributed by atoms with Gasteiger partial charge in [-0.1, -0.05) is 19.1 Å². The molecule has 0 saturated carbocycles. The summed E-state index contributed by atoms with van der Waals surface area (Å²) in [5.41, 5.74) is 8.67. The van der Waals surface area contributed by atoms with Gasteiger partial charge in [0.2, 0.25) is 0 Å². The second-order valence-electron chi connectivity index (χ2n) is 4.60. The van der Waals surface area contributed by atoms with Gasteiger partial charge in [0.1, 0.15) is 4.99 Å². The maximum absolute atomic E-state index is 5.86. The molecule has 2 N–H and O–H groups in total. The fourth-order valence-corrected chi connectivity index (χ4v) is 3.38. The van der Waals surface area contributed by atoms with Crippen molar-refractivity contribution < 1.29 is 0 Å². The maximum atomic E-state index is 5.86. The van der Waals surface area contributed by atoms with Gasteiger partial charge >= 0.3 is 0 Å². The fraction of sp³-hybridized carbons (Fsp3) is 0.583. The molecule has 6 heteroatoms. The van der Waals surface area contributed by atoms with Gasteiger partial charge in [0.05, 0.1) is 11.3 Å². The molecule has 1 aliphatic rings. The highest BCUT2D eigenvalue weighted by Crippen LogP contribution is 2.27. The Labute approximate surface area is 117 Å². The average molecular weight is 282 g/mol. The van der Waals surface area contributed by atoms with E-state index in [0.717, 1.165) is 41.5 Å². The van der Waals surface area contributed by atoms with E-state index >= 15 is 0 Å². The summed E-state index contributed by atoms with van der Waals surface area (Å²) in [4.78, 5) is 2.65. The van der Waals surface area contributed by atoms with Gasteiger partial charge < -0.3 is 10.6 Å². The molecule has 1 saturated heterocycles. The molecule has 0 bridgehead atoms. The zero-order chi connectivity index (χ0) is 13.3. The Hall–Kier alpha value is -0.880. The lowest BCUT2D eigenvalue weighted by Gasteiger charge is -2.32. The van der Waals surface area contributed by atoms with E-state index < -0.39 is 0 Å². The first-order valence-electron chi connectivity index (χ1n) is 6.01. The number of hydrogen-bond acceptors (Lipinski definition) is 5. The Balaban J connectivity index is 2.43. The molecule has 0 aromatic carbocycles. The van der Waals surface area contributed by atoms with Crippen molar-refractivity contribution in [2.24, 2.45) is 5.73 Å². The van der Waals surface area contributed by atoms with Gasteiger partial charge in [-0.25, -0.2) is 0 Å². The molecule has 1 fully saturated rings. The lowest BCUT2D eigenvalue weighted by Crippen LogP contribution is -2.39. The van der Waals surface area contributed by atoms with Crippen molar-refractivity contribution in [3.8, 4) is 0 Å². The Morgan fingerprint density at radius 3 is 2.78 bits per heavy atom. The summed E-state index contributed by atoms with van der Waals surface area (Å²) in [6, 6.07) is 0. The third-order valence-corrected chi connectivity index (χ3v) is 4.56. The molecular formula is C12H18N4S2. The molecule has 1 unspecified atom stereocenters. The van der Waals surface area contributed by atoms with Gasteiger partial charge in [-0.3, -0.25) is 0 Å². The molecule has 98 valence electrons. The monoisotopic (exact) mass is 282 g/mol. The summed E-state index contributed by atoms with van der Waals surface area (Å²) in [7, 11) is 0. The van der Waals surface area contributed by atoms with Crippen molar-refractivity contribution in [2.45, 2.75) is 26.0 Å². The van der Waals surface area contributed by atoms with Crippen molar-refractivity contribution in [1.82, 2.24) is 10.2 Å². The van der Waals surface area contributed by atoms with E-state index in [2.05, 4.69) is 22.0 Å². The molecule has 1 atom stereocenters. The molecule has 0 spiro atoms. The summed E-state index contributed by atoms with van der Waals surface area (Å²) in [5.74, 6) is 1.95. The Morgan fingerprint density at radius 1 is 1.44 bits per heavy atom. The van der Waals surface area contributed by atoms with Crippen LogP contribution in [0.3, 0.4) is 0 Å². The zero-order valence-electron chi connectivity index (χ0n) is 10.9. The van der Waals surface area contributed by atoms with Crippen LogP contribution < -0.4 is 10.6 Å². The molecule has 2 heterocycles. The highest BCUT2D eigenvalue weighted by atomic mass is 32.2. The summed E-state index contributed by atoms with van der Waals surface area (Å²) >= 11 is 7.16. The van der Waals surface area contributed by atoms with Crippen molar-refractivity contribution in [1.29, 1.82) is 0 Å². The number of hydrogen-bond donors (Lipinski definition) is 1. The van der Waals surface area contributed by atoms with E-state index in [0.29, 0.717) is 10.2 Å². The van der Waals surface area contributed by atoms with Gasteiger partial charge in [0, 0.05) is 24.1 Å². The number of nitrogens with zero attached hydrogens (tertiary/aromatic N) is 3. The zero-order valence-corrected chi connectivity index (χ0v) is 12.6. The molecule has 0 amide bonds. The van der Waals surface area contributed by atoms with Crippen molar-refractivity contribution in [3.05, 3.63) is 16.8 Å². The van der Waals surface area contributed by atoms with Crippen LogP contribution in [-0.2, 0) is 0 Å². The molecule has 1 aliphatic heterocycles. The second-order valence-corrected chi connectivity index (χ2v) is 6.59. The Kier molecular flexibility index (Phi) is 4.07. The first kappa shape index (κ1) is 13.5. The van der Waals surface area contributed by atoms with E-state index in [1.807, 2.05) is 25.6 Å². The minimum Gasteiger partial charge on any atom is -0.389 e. The first-order chi connectivity index (χ1) is 8.50. The largest absolute Gasteiger partial charge is 0.389 e. The lowest BCUT2D eigenvalue weighted by molar-refractivity contribution is 0.753. The predicted molar refractivity (Wildman–Crippen MR) is 81.5 cm³/mol. The number of nitrogens with two attached hydrogens (primary N) is 1. The number of aryl methyl sites for hydroxylation is 1. The van der Waals surface area contributed by atoms with Crippen LogP contribution in [0.1, 0.15) is 23.7 Å². The third kappa shape index (κ3) is 2.59. The summed E-state index contributed by atoms with van der Waals surface area (Å²) in [5, 5.41) is 9.12. The average Bonchev–Trinajstić information content (AvgIpc) is 2.32. The summed E-state index contributed by atoms with van der Waals surface area (Å²) < 4.78 is 0. The number of thiocarbonyl (C=S) groups is 1. The maximum Gasteiger partial charge on any atom is 0.161 e. The topological polar surface area (TPSA) is 55.0 Å². The molecule has 2 rings (SSSR count). The van der Waals surface area contributed by atoms with Crippen LogP contribution >= 0.6 is 24.0 Å². The minimum atomic E-state index is 0.409. The van der Waals surface area contributed by atoms with Crippen LogP contribution in [0, 0.1) is 13.8 Å². The van der Waals surface area contributed by atoms with Gasteiger partial charge in [0.25, 0.3) is 0 Å². The molecule has 4 nitrogen and oxygen atoms in total. The smallest absolute Gasteiger partial charge is 0.161 e. The number of thioether (sulfide) groups is 1. The molecule has 1 aromatic rings. The SMILES string of the molecule is Cc1nnc(N2CCSC(C)C2)c(C(N)=S)c1C. The molecular weight excluding hydrogens is 264 g/mol. The molecule has 0 aliphatic carbocycles. The van der Waals surface area contributed by atoms with E-state index in [1.165, 1.54) is 0 Å². The van der Waals surface area contributed by atoms with Crippen molar-refractivity contribution in [2.75, 3.05) is 23.7 Å². The van der Waals surface area contributed by atoms with Crippen LogP contribution in [0.25, 0.3) is 0 Å². The van der Waals surface area contributed by atoms with E-state index in [4.69, 9.17) is 18.0 Å². The summed E-state index contributed by atoms with van der Waals surface area (Å²) in [6.07, 6.45) is 0. The van der Waals surface area contributed by atoms with Crippen molar-refractivity contribution in [3.63, 3.8) is 0 Å². The molecule has 18 heavy (non-hydrogen) atoms. The van der Waals surface area contributed by atoms with Gasteiger partial charge in [-0.15, -0.1) is 5.10 Å². The minimum absolute atomic E-state index is 0.409. The Morgan fingerprint density at radius 2 is 2.17 bits per heavy atom. The van der Waals surface area contributed by atoms with E-state index in [1.54, 1.807) is 0 Å². The van der Waals surface area contributed by atoms with E-state index in [9.17, 15) is 0 Å². The number of anilines is 1. The molecule has 0 radical (unpaired) electrons. The van der Waals surface area contributed by atoms with Gasteiger partial charge in [0.15, 0.2) is 5.82 Å². The highest BCUT2D eigenvalue weighted by molar-refractivity contribution is 8.00. The fourth-order valence-electron chi connectivity index (χ4n) is 2.12. The lowest BCUT2D eigenvalue weighted by atomic mass is 10.1. The molecule has 1 aromatic heterocycles. The quantitative estimate of drug-likeness (QED) is 0.833. The second kappa shape index (κ2) is 5.40. The van der Waals surface area contributed by atoms with Gasteiger partial charge in [-0.05, 0) is 19.4 Å². The number of aromatic nitrogens is 2.